The van der Waals surface area contributed by atoms with Crippen LogP contribution in [0, 0.1) is 10.8 Å². The van der Waals surface area contributed by atoms with Crippen molar-refractivity contribution in [2.75, 3.05) is 0 Å². The van der Waals surface area contributed by atoms with E-state index in [1.165, 1.54) is 66.7 Å². The van der Waals surface area contributed by atoms with Crippen molar-refractivity contribution in [3.63, 3.8) is 0 Å². The predicted octanol–water partition coefficient (Wildman–Crippen LogP) is 7.90. The Morgan fingerprint density at radius 3 is 1.92 bits per heavy atom. The SMILES string of the molecule is CCC(CC)(c1ccc(OS(=O)(=O)c2cccc3c([O-])c([N+]#N)ccc23)cc1)c1ccccc1-c1ccc(S(=O)(=O)O)c2ccc([N+]#N)c([O-])c12. The van der Waals surface area contributed by atoms with Crippen LogP contribution in [0.2, 0.25) is 0 Å². The van der Waals surface area contributed by atoms with Crippen LogP contribution in [0.4, 0.5) is 11.4 Å². The van der Waals surface area contributed by atoms with Crippen LogP contribution in [0.25, 0.3) is 42.6 Å². The van der Waals surface area contributed by atoms with Gasteiger partial charge in [0, 0.05) is 28.3 Å². The largest absolute Gasteiger partial charge is 0.867 e. The first-order chi connectivity index (χ1) is 24.3. The molecule has 0 aliphatic rings. The van der Waals surface area contributed by atoms with E-state index in [1.807, 2.05) is 26.0 Å². The first-order valence-corrected chi connectivity index (χ1v) is 18.5. The molecule has 14 heteroatoms. The van der Waals surface area contributed by atoms with Gasteiger partial charge >= 0.3 is 21.5 Å². The number of nitrogens with zero attached hydrogens (tertiary/aromatic N) is 4. The van der Waals surface area contributed by atoms with Gasteiger partial charge in [0.05, 0.1) is 0 Å². The summed E-state index contributed by atoms with van der Waals surface area (Å²) in [7, 11) is -9.14. The summed E-state index contributed by atoms with van der Waals surface area (Å²) in [5.74, 6) is -1.35. The first kappa shape index (κ1) is 34.8. The van der Waals surface area contributed by atoms with Crippen molar-refractivity contribution in [3.05, 3.63) is 124 Å². The van der Waals surface area contributed by atoms with E-state index in [4.69, 9.17) is 9.58 Å². The van der Waals surface area contributed by atoms with Crippen molar-refractivity contribution >= 4 is 53.2 Å². The van der Waals surface area contributed by atoms with Gasteiger partial charge in [-0.3, -0.25) is 4.55 Å². The Morgan fingerprint density at radius 2 is 1.29 bits per heavy atom. The van der Waals surface area contributed by atoms with Crippen LogP contribution in [0.1, 0.15) is 37.8 Å². The van der Waals surface area contributed by atoms with Crippen LogP contribution in [0.5, 0.6) is 17.2 Å². The van der Waals surface area contributed by atoms with E-state index >= 15 is 0 Å². The lowest BCUT2D eigenvalue weighted by atomic mass is 9.68. The summed E-state index contributed by atoms with van der Waals surface area (Å²) in [6, 6.07) is 25.7. The third kappa shape index (κ3) is 5.85. The van der Waals surface area contributed by atoms with Gasteiger partial charge in [-0.2, -0.15) is 16.8 Å². The maximum absolute atomic E-state index is 13.6. The van der Waals surface area contributed by atoms with Crippen LogP contribution in [0.3, 0.4) is 0 Å². The van der Waals surface area contributed by atoms with Gasteiger partial charge in [-0.05, 0) is 93.8 Å². The van der Waals surface area contributed by atoms with Crippen LogP contribution < -0.4 is 14.4 Å². The summed E-state index contributed by atoms with van der Waals surface area (Å²) in [5, 5.41) is 44.8. The van der Waals surface area contributed by atoms with Crippen molar-refractivity contribution in [3.8, 4) is 28.4 Å². The minimum absolute atomic E-state index is 0.0116. The predicted molar refractivity (Wildman–Crippen MR) is 187 cm³/mol. The second kappa shape index (κ2) is 13.0. The molecule has 0 fully saturated rings. The molecule has 0 heterocycles. The summed E-state index contributed by atoms with van der Waals surface area (Å²) in [4.78, 5) is 5.32. The third-order valence-electron chi connectivity index (χ3n) is 9.34. The smallest absolute Gasteiger partial charge is 0.378 e. The highest BCUT2D eigenvalue weighted by Gasteiger charge is 2.34. The van der Waals surface area contributed by atoms with Gasteiger partial charge in [0.15, 0.2) is 9.95 Å². The zero-order valence-electron chi connectivity index (χ0n) is 27.1. The van der Waals surface area contributed by atoms with Crippen LogP contribution in [-0.2, 0) is 25.7 Å². The molecule has 256 valence electrons. The Morgan fingerprint density at radius 1 is 0.667 bits per heavy atom. The normalized spacial score (nSPS) is 12.0. The van der Waals surface area contributed by atoms with Gasteiger partial charge in [-0.1, -0.05) is 68.4 Å². The maximum Gasteiger partial charge on any atom is 0.378 e. The van der Waals surface area contributed by atoms with Gasteiger partial charge in [0.1, 0.15) is 15.5 Å². The Labute approximate surface area is 293 Å². The topological polar surface area (TPSA) is 200 Å². The molecule has 6 aromatic rings. The zero-order valence-corrected chi connectivity index (χ0v) is 28.8. The van der Waals surface area contributed by atoms with Crippen molar-refractivity contribution in [2.24, 2.45) is 0 Å². The molecule has 1 N–H and O–H groups in total. The molecule has 6 aromatic carbocycles. The highest BCUT2D eigenvalue weighted by molar-refractivity contribution is 7.87. The standard InChI is InChI=1S/C37H28N4O8S2/c1-3-37(4-2,22-12-14-23(15-13-22)49-51(47,48)33-11-7-9-27-25(33)16-19-30(40-38)35(27)42)29-10-6-5-8-24(29)26-18-21-32(50(44,45)46)28-17-20-31(41-39)36(43)34(26)28/h5-21H,3-4H2,1-2H3,(H-2,42,43,44,45,46). The molecule has 0 atom stereocenters. The number of benzene rings is 6. The molecule has 0 unspecified atom stereocenters. The summed E-state index contributed by atoms with van der Waals surface area (Å²) < 4.78 is 66.9. The van der Waals surface area contributed by atoms with Crippen molar-refractivity contribution in [1.82, 2.24) is 0 Å². The summed E-state index contributed by atoms with van der Waals surface area (Å²) >= 11 is 0. The van der Waals surface area contributed by atoms with E-state index in [-0.39, 0.29) is 43.6 Å². The monoisotopic (exact) mass is 720 g/mol. The molecule has 12 nitrogen and oxygen atoms in total. The fraction of sp³-hybridized carbons (Fsp3) is 0.135. The van der Waals surface area contributed by atoms with Gasteiger partial charge in [0.25, 0.3) is 10.1 Å². The maximum atomic E-state index is 13.6. The summed E-state index contributed by atoms with van der Waals surface area (Å²) in [5.41, 5.74) is 1.27. The lowest BCUT2D eigenvalue weighted by molar-refractivity contribution is -0.265. The third-order valence-corrected chi connectivity index (χ3v) is 11.6. The molecule has 0 aliphatic carbocycles. The van der Waals surface area contributed by atoms with Gasteiger partial charge in [-0.25, -0.2) is 0 Å². The van der Waals surface area contributed by atoms with E-state index in [9.17, 15) is 37.0 Å². The minimum atomic E-state index is -4.72. The lowest BCUT2D eigenvalue weighted by Gasteiger charge is -2.35. The molecule has 0 bridgehead atoms. The Kier molecular flexibility index (Phi) is 8.87. The molecule has 0 saturated heterocycles. The van der Waals surface area contributed by atoms with Crippen molar-refractivity contribution in [2.45, 2.75) is 41.9 Å². The lowest BCUT2D eigenvalue weighted by Crippen LogP contribution is -2.27. The Bertz CT molecular complexity index is 2680. The highest BCUT2D eigenvalue weighted by Crippen LogP contribution is 2.48. The molecule has 0 spiro atoms. The molecule has 6 rings (SSSR count). The highest BCUT2D eigenvalue weighted by atomic mass is 32.2. The molecular formula is C37H28N4O8S2. The fourth-order valence-electron chi connectivity index (χ4n) is 6.82. The average Bonchev–Trinajstić information content (AvgIpc) is 3.12. The molecule has 0 amide bonds. The Hall–Kier alpha value is -6.06. The summed E-state index contributed by atoms with van der Waals surface area (Å²) in [6.07, 6.45) is 1.11. The Balaban J connectivity index is 1.45. The number of rotatable bonds is 9. The van der Waals surface area contributed by atoms with Gasteiger partial charge < -0.3 is 14.4 Å². The van der Waals surface area contributed by atoms with E-state index in [2.05, 4.69) is 9.95 Å². The zero-order chi connectivity index (χ0) is 36.7. The van der Waals surface area contributed by atoms with E-state index in [0.717, 1.165) is 11.1 Å². The van der Waals surface area contributed by atoms with Crippen molar-refractivity contribution < 1.29 is 35.8 Å². The van der Waals surface area contributed by atoms with Crippen molar-refractivity contribution in [1.29, 1.82) is 10.8 Å². The van der Waals surface area contributed by atoms with Crippen LogP contribution in [0.15, 0.2) is 113 Å². The second-order valence-electron chi connectivity index (χ2n) is 11.8. The van der Waals surface area contributed by atoms with Crippen LogP contribution >= 0.6 is 0 Å². The number of hydrogen-bond acceptors (Lipinski definition) is 9. The van der Waals surface area contributed by atoms with E-state index in [0.29, 0.717) is 24.0 Å². The quantitative estimate of drug-likeness (QED) is 0.0869. The molecule has 51 heavy (non-hydrogen) atoms. The minimum Gasteiger partial charge on any atom is -0.867 e. The first-order valence-electron chi connectivity index (χ1n) is 15.6. The second-order valence-corrected chi connectivity index (χ2v) is 14.7. The molecule has 0 aliphatic heterocycles. The van der Waals surface area contributed by atoms with Gasteiger partial charge in [-0.15, -0.1) is 0 Å². The number of hydrogen-bond donors (Lipinski definition) is 1. The average molecular weight is 721 g/mol. The molecule has 0 aromatic heterocycles. The summed E-state index contributed by atoms with van der Waals surface area (Å²) in [6.45, 7) is 3.97. The molecular weight excluding hydrogens is 693 g/mol. The fourth-order valence-corrected chi connectivity index (χ4v) is 8.66. The van der Waals surface area contributed by atoms with E-state index in [1.54, 1.807) is 24.3 Å². The van der Waals surface area contributed by atoms with E-state index < -0.39 is 42.0 Å². The molecule has 0 saturated carbocycles. The number of diazo groups is 2. The molecule has 0 radical (unpaired) electrons. The van der Waals surface area contributed by atoms with Gasteiger partial charge in [0.2, 0.25) is 10.8 Å². The number of fused-ring (bicyclic) bond motifs is 2. The van der Waals surface area contributed by atoms with Crippen LogP contribution in [-0.4, -0.2) is 21.4 Å².